The molecule has 1 N–H and O–H groups in total. The van der Waals surface area contributed by atoms with Gasteiger partial charge in [-0.1, -0.05) is 13.8 Å². The summed E-state index contributed by atoms with van der Waals surface area (Å²) >= 11 is 0. The standard InChI is InChI=1S/C13H25N/c1-11(2)9-12-3-4-13(10-12)5-7-14-8-6-13/h11-12,14H,3-10H2,1-2H3. The first-order chi connectivity index (χ1) is 6.70. The Kier molecular flexibility index (Phi) is 3.16. The van der Waals surface area contributed by atoms with Gasteiger partial charge in [-0.2, -0.15) is 0 Å². The Morgan fingerprint density at radius 2 is 1.93 bits per heavy atom. The zero-order chi connectivity index (χ0) is 10.0. The van der Waals surface area contributed by atoms with Crippen LogP contribution in [-0.4, -0.2) is 13.1 Å². The fraction of sp³-hybridized carbons (Fsp3) is 1.00. The van der Waals surface area contributed by atoms with Gasteiger partial charge in [0.1, 0.15) is 0 Å². The van der Waals surface area contributed by atoms with Gasteiger partial charge in [-0.25, -0.2) is 0 Å². The number of piperidine rings is 1. The molecule has 14 heavy (non-hydrogen) atoms. The SMILES string of the molecule is CC(C)CC1CCC2(CCNCC2)C1. The van der Waals surface area contributed by atoms with Crippen molar-refractivity contribution >= 4 is 0 Å². The van der Waals surface area contributed by atoms with Crippen LogP contribution in [-0.2, 0) is 0 Å². The second-order valence-electron chi connectivity index (χ2n) is 5.99. The van der Waals surface area contributed by atoms with Crippen LogP contribution in [0.15, 0.2) is 0 Å². The van der Waals surface area contributed by atoms with Crippen molar-refractivity contribution in [3.63, 3.8) is 0 Å². The van der Waals surface area contributed by atoms with E-state index in [-0.39, 0.29) is 0 Å². The van der Waals surface area contributed by atoms with Gasteiger partial charge in [0.25, 0.3) is 0 Å². The van der Waals surface area contributed by atoms with Crippen LogP contribution in [0.3, 0.4) is 0 Å². The molecular weight excluding hydrogens is 170 g/mol. The van der Waals surface area contributed by atoms with E-state index in [1.807, 2.05) is 0 Å². The van der Waals surface area contributed by atoms with Crippen LogP contribution < -0.4 is 5.32 Å². The van der Waals surface area contributed by atoms with Gasteiger partial charge in [0.2, 0.25) is 0 Å². The van der Waals surface area contributed by atoms with Crippen LogP contribution in [0, 0.1) is 17.3 Å². The predicted octanol–water partition coefficient (Wildman–Crippen LogP) is 3.20. The third-order valence-electron chi connectivity index (χ3n) is 4.27. The highest BCUT2D eigenvalue weighted by Crippen LogP contribution is 2.49. The van der Waals surface area contributed by atoms with Crippen molar-refractivity contribution in [2.45, 2.75) is 52.4 Å². The quantitative estimate of drug-likeness (QED) is 0.713. The Hall–Kier alpha value is -0.0400. The van der Waals surface area contributed by atoms with Crippen molar-refractivity contribution < 1.29 is 0 Å². The van der Waals surface area contributed by atoms with Crippen molar-refractivity contribution in [3.05, 3.63) is 0 Å². The van der Waals surface area contributed by atoms with E-state index in [1.54, 1.807) is 0 Å². The highest BCUT2D eigenvalue weighted by atomic mass is 14.9. The monoisotopic (exact) mass is 195 g/mol. The molecule has 1 unspecified atom stereocenters. The summed E-state index contributed by atoms with van der Waals surface area (Å²) in [4.78, 5) is 0. The van der Waals surface area contributed by atoms with Gasteiger partial charge in [-0.15, -0.1) is 0 Å². The van der Waals surface area contributed by atoms with Crippen molar-refractivity contribution in [1.82, 2.24) is 5.32 Å². The maximum absolute atomic E-state index is 3.49. The number of nitrogens with one attached hydrogen (secondary N) is 1. The van der Waals surface area contributed by atoms with Crippen LogP contribution in [0.5, 0.6) is 0 Å². The number of hydrogen-bond donors (Lipinski definition) is 1. The lowest BCUT2D eigenvalue weighted by molar-refractivity contribution is 0.198. The van der Waals surface area contributed by atoms with E-state index in [9.17, 15) is 0 Å². The Morgan fingerprint density at radius 3 is 2.57 bits per heavy atom. The third-order valence-corrected chi connectivity index (χ3v) is 4.27. The normalized spacial score (nSPS) is 31.5. The Labute approximate surface area is 88.7 Å². The van der Waals surface area contributed by atoms with E-state index < -0.39 is 0 Å². The molecular formula is C13H25N. The molecule has 1 aliphatic heterocycles. The molecule has 1 heterocycles. The van der Waals surface area contributed by atoms with Gasteiger partial charge in [0, 0.05) is 0 Å². The second kappa shape index (κ2) is 4.22. The van der Waals surface area contributed by atoms with Crippen LogP contribution in [0.2, 0.25) is 0 Å². The van der Waals surface area contributed by atoms with Gasteiger partial charge < -0.3 is 5.32 Å². The summed E-state index contributed by atoms with van der Waals surface area (Å²) in [5.41, 5.74) is 0.769. The molecule has 1 heteroatoms. The zero-order valence-corrected chi connectivity index (χ0v) is 9.81. The smallest absolute Gasteiger partial charge is 0.00436 e. The Bertz CT molecular complexity index is 180. The average Bonchev–Trinajstić information content (AvgIpc) is 2.49. The highest BCUT2D eigenvalue weighted by Gasteiger charge is 2.39. The highest BCUT2D eigenvalue weighted by molar-refractivity contribution is 4.92. The number of hydrogen-bond acceptors (Lipinski definition) is 1. The van der Waals surface area contributed by atoms with Crippen molar-refractivity contribution in [2.24, 2.45) is 17.3 Å². The minimum absolute atomic E-state index is 0.769. The fourth-order valence-corrected chi connectivity index (χ4v) is 3.61. The van der Waals surface area contributed by atoms with E-state index in [0.717, 1.165) is 17.3 Å². The topological polar surface area (TPSA) is 12.0 Å². The molecule has 1 saturated carbocycles. The predicted molar refractivity (Wildman–Crippen MR) is 61.3 cm³/mol. The molecule has 0 radical (unpaired) electrons. The lowest BCUT2D eigenvalue weighted by Gasteiger charge is -2.34. The molecule has 1 atom stereocenters. The molecule has 0 amide bonds. The molecule has 1 saturated heterocycles. The summed E-state index contributed by atoms with van der Waals surface area (Å²) in [6.45, 7) is 7.28. The Balaban J connectivity index is 1.86. The average molecular weight is 195 g/mol. The van der Waals surface area contributed by atoms with Crippen LogP contribution in [0.25, 0.3) is 0 Å². The first-order valence-electron chi connectivity index (χ1n) is 6.41. The van der Waals surface area contributed by atoms with E-state index in [4.69, 9.17) is 0 Å². The van der Waals surface area contributed by atoms with Gasteiger partial charge in [-0.3, -0.25) is 0 Å². The summed E-state index contributed by atoms with van der Waals surface area (Å²) in [7, 11) is 0. The molecule has 1 nitrogen and oxygen atoms in total. The summed E-state index contributed by atoms with van der Waals surface area (Å²) in [5.74, 6) is 1.95. The summed E-state index contributed by atoms with van der Waals surface area (Å²) in [5, 5.41) is 3.49. The van der Waals surface area contributed by atoms with Crippen molar-refractivity contribution in [1.29, 1.82) is 0 Å². The lowest BCUT2D eigenvalue weighted by Crippen LogP contribution is -2.35. The molecule has 2 rings (SSSR count). The molecule has 82 valence electrons. The van der Waals surface area contributed by atoms with E-state index in [2.05, 4.69) is 19.2 Å². The van der Waals surface area contributed by atoms with Gasteiger partial charge >= 0.3 is 0 Å². The molecule has 0 aromatic rings. The van der Waals surface area contributed by atoms with E-state index in [1.165, 1.54) is 51.6 Å². The molecule has 1 spiro atoms. The van der Waals surface area contributed by atoms with Crippen molar-refractivity contribution in [2.75, 3.05) is 13.1 Å². The third kappa shape index (κ3) is 2.31. The summed E-state index contributed by atoms with van der Waals surface area (Å²) in [6.07, 6.45) is 8.93. The second-order valence-corrected chi connectivity index (χ2v) is 5.99. The van der Waals surface area contributed by atoms with Crippen LogP contribution in [0.1, 0.15) is 52.4 Å². The molecule has 2 fully saturated rings. The maximum Gasteiger partial charge on any atom is -0.00436 e. The lowest BCUT2D eigenvalue weighted by atomic mass is 9.76. The van der Waals surface area contributed by atoms with Gasteiger partial charge in [0.05, 0.1) is 0 Å². The van der Waals surface area contributed by atoms with Gasteiger partial charge in [0.15, 0.2) is 0 Å². The van der Waals surface area contributed by atoms with Crippen molar-refractivity contribution in [3.8, 4) is 0 Å². The molecule has 2 aliphatic rings. The largest absolute Gasteiger partial charge is 0.317 e. The Morgan fingerprint density at radius 1 is 1.21 bits per heavy atom. The number of rotatable bonds is 2. The minimum atomic E-state index is 0.769. The fourth-order valence-electron chi connectivity index (χ4n) is 3.61. The minimum Gasteiger partial charge on any atom is -0.317 e. The van der Waals surface area contributed by atoms with Crippen LogP contribution in [0.4, 0.5) is 0 Å². The van der Waals surface area contributed by atoms with E-state index >= 15 is 0 Å². The van der Waals surface area contributed by atoms with E-state index in [0.29, 0.717) is 0 Å². The first-order valence-corrected chi connectivity index (χ1v) is 6.41. The maximum atomic E-state index is 3.49. The summed E-state index contributed by atoms with van der Waals surface area (Å²) in [6, 6.07) is 0. The molecule has 0 aromatic heterocycles. The zero-order valence-electron chi connectivity index (χ0n) is 9.81. The molecule has 0 aromatic carbocycles. The first kappa shape index (κ1) is 10.5. The molecule has 0 bridgehead atoms. The summed E-state index contributed by atoms with van der Waals surface area (Å²) < 4.78 is 0. The van der Waals surface area contributed by atoms with Crippen LogP contribution >= 0.6 is 0 Å². The van der Waals surface area contributed by atoms with Gasteiger partial charge in [-0.05, 0) is 68.9 Å². The molecule has 1 aliphatic carbocycles.